The molecule has 0 aromatic heterocycles. The number of nitrogens with zero attached hydrogens (tertiary/aromatic N) is 1. The van der Waals surface area contributed by atoms with Crippen LogP contribution in [0.25, 0.3) is 0 Å². The van der Waals surface area contributed by atoms with Crippen LogP contribution in [-0.4, -0.2) is 33.3 Å². The van der Waals surface area contributed by atoms with Crippen molar-refractivity contribution in [1.82, 2.24) is 4.90 Å². The predicted octanol–water partition coefficient (Wildman–Crippen LogP) is 3.04. The third kappa shape index (κ3) is 3.56. The summed E-state index contributed by atoms with van der Waals surface area (Å²) in [7, 11) is 0. The van der Waals surface area contributed by atoms with E-state index in [-0.39, 0.29) is 11.5 Å². The minimum atomic E-state index is -0.781. The van der Waals surface area contributed by atoms with Crippen molar-refractivity contribution in [2.45, 2.75) is 45.4 Å². The summed E-state index contributed by atoms with van der Waals surface area (Å²) in [5, 5.41) is 30.7. The summed E-state index contributed by atoms with van der Waals surface area (Å²) in [4.78, 5) is 2.03. The van der Waals surface area contributed by atoms with Crippen molar-refractivity contribution in [3.05, 3.63) is 58.1 Å². The summed E-state index contributed by atoms with van der Waals surface area (Å²) < 4.78 is 0. The summed E-state index contributed by atoms with van der Waals surface area (Å²) in [6.45, 7) is 5.55. The maximum atomic E-state index is 10.8. The Morgan fingerprint density at radius 1 is 1.12 bits per heavy atom. The van der Waals surface area contributed by atoms with Crippen LogP contribution >= 0.6 is 0 Å². The third-order valence-electron chi connectivity index (χ3n) is 5.57. The molecule has 1 atom stereocenters. The maximum absolute atomic E-state index is 10.8. The van der Waals surface area contributed by atoms with E-state index < -0.39 is 6.23 Å². The smallest absolute Gasteiger partial charge is 0.161 e. The molecule has 5 N–H and O–H groups in total. The van der Waals surface area contributed by atoms with Crippen LogP contribution in [0, 0.1) is 13.8 Å². The number of phenols is 2. The molecule has 0 radical (unpaired) electrons. The number of aryl methyl sites for hydroxylation is 1. The molecule has 2 aromatic carbocycles. The average molecular weight is 356 g/mol. The van der Waals surface area contributed by atoms with E-state index in [4.69, 9.17) is 5.73 Å². The van der Waals surface area contributed by atoms with E-state index in [1.807, 2.05) is 11.0 Å². The Hall–Kier alpha value is -2.08. The number of piperidine rings is 1. The van der Waals surface area contributed by atoms with E-state index in [2.05, 4.69) is 18.2 Å². The number of benzene rings is 2. The minimum absolute atomic E-state index is 0.114. The fourth-order valence-electron chi connectivity index (χ4n) is 3.83. The van der Waals surface area contributed by atoms with Crippen LogP contribution in [0.4, 0.5) is 0 Å². The molecular weight excluding hydrogens is 328 g/mol. The van der Waals surface area contributed by atoms with Crippen LogP contribution in [0.15, 0.2) is 30.3 Å². The number of hydrogen-bond acceptors (Lipinski definition) is 5. The lowest BCUT2D eigenvalue weighted by atomic mass is 9.88. The molecule has 1 heterocycles. The molecule has 1 aliphatic rings. The molecule has 1 unspecified atom stereocenters. The van der Waals surface area contributed by atoms with Gasteiger partial charge in [0.2, 0.25) is 0 Å². The van der Waals surface area contributed by atoms with Gasteiger partial charge in [-0.05, 0) is 55.4 Å². The molecule has 0 spiro atoms. The second-order valence-corrected chi connectivity index (χ2v) is 7.24. The van der Waals surface area contributed by atoms with Gasteiger partial charge in [-0.15, -0.1) is 0 Å². The van der Waals surface area contributed by atoms with E-state index in [0.717, 1.165) is 31.5 Å². The Morgan fingerprint density at radius 3 is 2.46 bits per heavy atom. The van der Waals surface area contributed by atoms with Crippen LogP contribution in [0.1, 0.15) is 52.8 Å². The second kappa shape index (κ2) is 7.66. The van der Waals surface area contributed by atoms with Crippen molar-refractivity contribution in [2.75, 3.05) is 13.1 Å². The van der Waals surface area contributed by atoms with Crippen molar-refractivity contribution in [3.8, 4) is 11.5 Å². The van der Waals surface area contributed by atoms with Crippen molar-refractivity contribution >= 4 is 0 Å². The first-order chi connectivity index (χ1) is 12.4. The van der Waals surface area contributed by atoms with Gasteiger partial charge in [0.25, 0.3) is 0 Å². The molecule has 2 aromatic rings. The second-order valence-electron chi connectivity index (χ2n) is 7.24. The maximum Gasteiger partial charge on any atom is 0.161 e. The van der Waals surface area contributed by atoms with E-state index >= 15 is 0 Å². The van der Waals surface area contributed by atoms with Crippen molar-refractivity contribution in [1.29, 1.82) is 0 Å². The first-order valence-electron chi connectivity index (χ1n) is 9.15. The van der Waals surface area contributed by atoms with Gasteiger partial charge in [0.05, 0.1) is 0 Å². The van der Waals surface area contributed by atoms with Gasteiger partial charge in [0, 0.05) is 30.8 Å². The van der Waals surface area contributed by atoms with Gasteiger partial charge in [0.1, 0.15) is 6.23 Å². The summed E-state index contributed by atoms with van der Waals surface area (Å²) in [5.74, 6) is 0.213. The summed E-state index contributed by atoms with van der Waals surface area (Å²) >= 11 is 0. The Bertz CT molecular complexity index is 783. The van der Waals surface area contributed by atoms with Crippen LogP contribution in [0.5, 0.6) is 11.5 Å². The number of likely N-dealkylation sites (tertiary alicyclic amines) is 1. The Kier molecular flexibility index (Phi) is 5.51. The Balaban J connectivity index is 1.72. The average Bonchev–Trinajstić information content (AvgIpc) is 2.68. The van der Waals surface area contributed by atoms with Crippen LogP contribution in [0.2, 0.25) is 0 Å². The quantitative estimate of drug-likeness (QED) is 0.632. The number of aliphatic hydroxyl groups is 1. The number of rotatable bonds is 4. The van der Waals surface area contributed by atoms with Gasteiger partial charge >= 0.3 is 0 Å². The van der Waals surface area contributed by atoms with Gasteiger partial charge in [-0.1, -0.05) is 24.3 Å². The highest BCUT2D eigenvalue weighted by Crippen LogP contribution is 2.39. The van der Waals surface area contributed by atoms with Gasteiger partial charge in [-0.25, -0.2) is 0 Å². The molecule has 1 fully saturated rings. The fourth-order valence-corrected chi connectivity index (χ4v) is 3.83. The number of aromatic hydroxyl groups is 2. The van der Waals surface area contributed by atoms with Crippen molar-refractivity contribution in [3.63, 3.8) is 0 Å². The van der Waals surface area contributed by atoms with Crippen LogP contribution in [0.3, 0.4) is 0 Å². The highest BCUT2D eigenvalue weighted by atomic mass is 16.3. The third-order valence-corrected chi connectivity index (χ3v) is 5.57. The number of hydrogen-bond donors (Lipinski definition) is 4. The Labute approximate surface area is 154 Å². The van der Waals surface area contributed by atoms with Crippen LogP contribution < -0.4 is 5.73 Å². The zero-order chi connectivity index (χ0) is 18.8. The van der Waals surface area contributed by atoms with Crippen molar-refractivity contribution < 1.29 is 15.3 Å². The first-order valence-corrected chi connectivity index (χ1v) is 9.15. The number of phenolic OH excluding ortho intramolecular Hbond substituents is 2. The lowest BCUT2D eigenvalue weighted by Gasteiger charge is -2.36. The van der Waals surface area contributed by atoms with Crippen LogP contribution in [-0.2, 0) is 6.54 Å². The van der Waals surface area contributed by atoms with E-state index in [1.54, 1.807) is 19.9 Å². The van der Waals surface area contributed by atoms with E-state index in [0.29, 0.717) is 29.2 Å². The lowest BCUT2D eigenvalue weighted by Crippen LogP contribution is -2.36. The molecule has 140 valence electrons. The van der Waals surface area contributed by atoms with Crippen molar-refractivity contribution in [2.24, 2.45) is 5.73 Å². The molecule has 1 saturated heterocycles. The normalized spacial score (nSPS) is 17.4. The lowest BCUT2D eigenvalue weighted by molar-refractivity contribution is -0.0138. The molecule has 5 heteroatoms. The summed E-state index contributed by atoms with van der Waals surface area (Å²) in [6.07, 6.45) is 1.15. The zero-order valence-electron chi connectivity index (χ0n) is 15.4. The van der Waals surface area contributed by atoms with Gasteiger partial charge in [0.15, 0.2) is 11.5 Å². The van der Waals surface area contributed by atoms with E-state index in [9.17, 15) is 15.3 Å². The highest BCUT2D eigenvalue weighted by molar-refractivity contribution is 5.53. The van der Waals surface area contributed by atoms with Gasteiger partial charge in [-0.3, -0.25) is 4.90 Å². The Morgan fingerprint density at radius 2 is 1.81 bits per heavy atom. The minimum Gasteiger partial charge on any atom is -0.504 e. The molecule has 5 nitrogen and oxygen atoms in total. The number of aliphatic hydroxyl groups excluding tert-OH is 1. The topological polar surface area (TPSA) is 90.0 Å². The molecule has 0 aliphatic carbocycles. The SMILES string of the molecule is Cc1cc(C(O)N2CCC(c3cccc(CN)c3)CC2)c(C)c(O)c1O. The largest absolute Gasteiger partial charge is 0.504 e. The monoisotopic (exact) mass is 356 g/mol. The molecule has 0 saturated carbocycles. The predicted molar refractivity (Wildman–Crippen MR) is 102 cm³/mol. The summed E-state index contributed by atoms with van der Waals surface area (Å²) in [6, 6.07) is 10.2. The molecule has 0 bridgehead atoms. The standard InChI is InChI=1S/C21H28N2O3/c1-13-10-18(14(2)20(25)19(13)24)21(26)23-8-6-16(7-9-23)17-5-3-4-15(11-17)12-22/h3-5,10-11,16,21,24-26H,6-9,12,22H2,1-2H3. The summed E-state index contributed by atoms with van der Waals surface area (Å²) in [5.41, 5.74) is 9.95. The van der Waals surface area contributed by atoms with Gasteiger partial charge in [-0.2, -0.15) is 0 Å². The molecular formula is C21H28N2O3. The first kappa shape index (κ1) is 18.7. The molecule has 1 aliphatic heterocycles. The zero-order valence-corrected chi connectivity index (χ0v) is 15.4. The highest BCUT2D eigenvalue weighted by Gasteiger charge is 2.28. The van der Waals surface area contributed by atoms with Gasteiger partial charge < -0.3 is 21.1 Å². The molecule has 0 amide bonds. The fraction of sp³-hybridized carbons (Fsp3) is 0.429. The van der Waals surface area contributed by atoms with E-state index in [1.165, 1.54) is 5.56 Å². The molecule has 26 heavy (non-hydrogen) atoms. The number of nitrogens with two attached hydrogens (primary N) is 1. The molecule has 3 rings (SSSR count).